The minimum atomic E-state index is -3.84. The number of rotatable bonds is 6. The van der Waals surface area contributed by atoms with E-state index in [4.69, 9.17) is 17.3 Å². The Labute approximate surface area is 227 Å². The van der Waals surface area contributed by atoms with Crippen molar-refractivity contribution in [2.24, 2.45) is 5.73 Å². The molecule has 4 N–H and O–H groups in total. The van der Waals surface area contributed by atoms with E-state index in [0.29, 0.717) is 22.5 Å². The summed E-state index contributed by atoms with van der Waals surface area (Å²) in [4.78, 5) is 9.08. The van der Waals surface area contributed by atoms with E-state index in [1.807, 2.05) is 19.1 Å². The molecule has 198 valence electrons. The molecule has 0 aliphatic heterocycles. The lowest BCUT2D eigenvalue weighted by Crippen LogP contribution is -2.33. The third kappa shape index (κ3) is 5.14. The zero-order valence-electron chi connectivity index (χ0n) is 21.2. The number of nitrogens with two attached hydrogens (primary N) is 1. The van der Waals surface area contributed by atoms with Gasteiger partial charge in [-0.25, -0.2) is 18.4 Å². The van der Waals surface area contributed by atoms with Crippen molar-refractivity contribution in [1.82, 2.24) is 9.97 Å². The Balaban J connectivity index is 1.41. The number of aromatic hydroxyl groups is 1. The molecule has 0 radical (unpaired) electrons. The van der Waals surface area contributed by atoms with E-state index in [0.717, 1.165) is 42.4 Å². The van der Waals surface area contributed by atoms with Crippen LogP contribution in [0.2, 0.25) is 5.02 Å². The number of phenolic OH excluding ortho intramolecular Hbond substituents is 1. The van der Waals surface area contributed by atoms with Crippen molar-refractivity contribution >= 4 is 44.2 Å². The lowest BCUT2D eigenvalue weighted by atomic mass is 9.92. The quantitative estimate of drug-likeness (QED) is 0.290. The number of phenols is 1. The van der Waals surface area contributed by atoms with Crippen LogP contribution in [0.4, 0.5) is 11.6 Å². The predicted octanol–water partition coefficient (Wildman–Crippen LogP) is 5.47. The number of benzene rings is 3. The summed E-state index contributed by atoms with van der Waals surface area (Å²) in [5.74, 6) is 0.542. The van der Waals surface area contributed by atoms with Crippen molar-refractivity contribution in [2.45, 2.75) is 49.6 Å². The molecular weight excluding hydrogens is 522 g/mol. The largest absolute Gasteiger partial charge is 0.506 e. The van der Waals surface area contributed by atoms with E-state index in [2.05, 4.69) is 15.3 Å². The molecule has 0 unspecified atom stereocenters. The van der Waals surface area contributed by atoms with Crippen molar-refractivity contribution in [1.29, 1.82) is 0 Å². The highest BCUT2D eigenvalue weighted by Crippen LogP contribution is 2.35. The summed E-state index contributed by atoms with van der Waals surface area (Å²) in [5, 5.41) is 15.1. The molecule has 4 aromatic rings. The SMILES string of the molecule is Cc1cc(N(C)S(=O)(=O)c2ccccc2Cl)ccc1-c1cc(O)c2nc(N[C@H]3CC[C@H](N)CC3)ncc2c1. The number of aromatic nitrogens is 2. The fourth-order valence-electron chi connectivity index (χ4n) is 4.91. The Morgan fingerprint density at radius 3 is 2.53 bits per heavy atom. The van der Waals surface area contributed by atoms with E-state index < -0.39 is 10.0 Å². The lowest BCUT2D eigenvalue weighted by molar-refractivity contribution is 0.410. The van der Waals surface area contributed by atoms with Gasteiger partial charge in [0.05, 0.1) is 10.7 Å². The summed E-state index contributed by atoms with van der Waals surface area (Å²) in [6.45, 7) is 1.90. The Bertz CT molecular complexity index is 1600. The summed E-state index contributed by atoms with van der Waals surface area (Å²) in [7, 11) is -2.34. The molecule has 3 aromatic carbocycles. The van der Waals surface area contributed by atoms with Gasteiger partial charge in [-0.15, -0.1) is 0 Å². The first-order chi connectivity index (χ1) is 18.1. The lowest BCUT2D eigenvalue weighted by Gasteiger charge is -2.26. The van der Waals surface area contributed by atoms with Gasteiger partial charge in [-0.2, -0.15) is 0 Å². The summed E-state index contributed by atoms with van der Waals surface area (Å²) in [6.07, 6.45) is 5.59. The predicted molar refractivity (Wildman–Crippen MR) is 152 cm³/mol. The Kier molecular flexibility index (Phi) is 7.17. The first-order valence-electron chi connectivity index (χ1n) is 12.5. The Morgan fingerprint density at radius 2 is 1.82 bits per heavy atom. The van der Waals surface area contributed by atoms with E-state index in [9.17, 15) is 13.5 Å². The highest BCUT2D eigenvalue weighted by atomic mass is 35.5. The second-order valence-corrected chi connectivity index (χ2v) is 12.1. The van der Waals surface area contributed by atoms with Crippen LogP contribution in [0.5, 0.6) is 5.75 Å². The fourth-order valence-corrected chi connectivity index (χ4v) is 6.59. The highest BCUT2D eigenvalue weighted by molar-refractivity contribution is 7.93. The standard InChI is InChI=1S/C28H30ClN5O3S/c1-17-13-22(34(2)38(36,37)26-6-4-3-5-24(26)29)11-12-23(17)18-14-19-16-31-28(33-27(19)25(35)15-18)32-21-9-7-20(30)8-10-21/h3-6,11-16,20-21,35H,7-10,30H2,1-2H3,(H,31,32,33)/t20-,21-. The monoisotopic (exact) mass is 551 g/mol. The zero-order valence-corrected chi connectivity index (χ0v) is 22.8. The molecule has 1 fully saturated rings. The normalized spacial score (nSPS) is 17.9. The van der Waals surface area contributed by atoms with Crippen molar-refractivity contribution < 1.29 is 13.5 Å². The number of fused-ring (bicyclic) bond motifs is 1. The minimum Gasteiger partial charge on any atom is -0.506 e. The van der Waals surface area contributed by atoms with Crippen molar-refractivity contribution in [3.63, 3.8) is 0 Å². The molecule has 1 heterocycles. The van der Waals surface area contributed by atoms with Crippen LogP contribution in [0, 0.1) is 6.92 Å². The second-order valence-electron chi connectivity index (χ2n) is 9.79. The fraction of sp³-hybridized carbons (Fsp3) is 0.286. The average molecular weight is 552 g/mol. The number of nitrogens with one attached hydrogen (secondary N) is 1. The van der Waals surface area contributed by atoms with Gasteiger partial charge in [-0.1, -0.05) is 29.8 Å². The summed E-state index contributed by atoms with van der Waals surface area (Å²) in [5.41, 5.74) is 9.45. The topological polar surface area (TPSA) is 121 Å². The first-order valence-corrected chi connectivity index (χ1v) is 14.3. The van der Waals surface area contributed by atoms with Gasteiger partial charge in [0.25, 0.3) is 10.0 Å². The van der Waals surface area contributed by atoms with Crippen LogP contribution in [0.3, 0.4) is 0 Å². The maximum Gasteiger partial charge on any atom is 0.265 e. The third-order valence-electron chi connectivity index (χ3n) is 7.13. The van der Waals surface area contributed by atoms with E-state index >= 15 is 0 Å². The van der Waals surface area contributed by atoms with Crippen LogP contribution in [0.1, 0.15) is 31.2 Å². The van der Waals surface area contributed by atoms with Crippen LogP contribution in [-0.4, -0.2) is 42.6 Å². The maximum absolute atomic E-state index is 13.2. The van der Waals surface area contributed by atoms with Gasteiger partial charge < -0.3 is 16.2 Å². The van der Waals surface area contributed by atoms with Crippen LogP contribution >= 0.6 is 11.6 Å². The average Bonchev–Trinajstić information content (AvgIpc) is 2.90. The van der Waals surface area contributed by atoms with Crippen LogP contribution < -0.4 is 15.4 Å². The zero-order chi connectivity index (χ0) is 27.0. The van der Waals surface area contributed by atoms with E-state index in [1.165, 1.54) is 17.4 Å². The molecule has 0 atom stereocenters. The number of hydrogen-bond acceptors (Lipinski definition) is 7. The van der Waals surface area contributed by atoms with Gasteiger partial charge in [-0.3, -0.25) is 4.31 Å². The number of sulfonamides is 1. The van der Waals surface area contributed by atoms with Gasteiger partial charge in [0.1, 0.15) is 16.2 Å². The van der Waals surface area contributed by atoms with Crippen molar-refractivity contribution in [3.05, 3.63) is 71.4 Å². The molecule has 0 saturated heterocycles. The molecule has 10 heteroatoms. The molecule has 5 rings (SSSR count). The van der Waals surface area contributed by atoms with Gasteiger partial charge in [-0.05, 0) is 85.7 Å². The van der Waals surface area contributed by atoms with Crippen LogP contribution in [-0.2, 0) is 10.0 Å². The van der Waals surface area contributed by atoms with Crippen LogP contribution in [0.15, 0.2) is 65.7 Å². The molecule has 38 heavy (non-hydrogen) atoms. The van der Waals surface area contributed by atoms with Crippen molar-refractivity contribution in [3.8, 4) is 16.9 Å². The van der Waals surface area contributed by atoms with Gasteiger partial charge in [0, 0.05) is 30.7 Å². The van der Waals surface area contributed by atoms with Gasteiger partial charge in [0.15, 0.2) is 0 Å². The van der Waals surface area contributed by atoms with Gasteiger partial charge in [0.2, 0.25) is 5.95 Å². The highest BCUT2D eigenvalue weighted by Gasteiger charge is 2.24. The number of nitrogens with zero attached hydrogens (tertiary/aromatic N) is 3. The third-order valence-corrected chi connectivity index (χ3v) is 9.41. The molecule has 0 bridgehead atoms. The Hall–Kier alpha value is -3.40. The number of hydrogen-bond donors (Lipinski definition) is 3. The molecule has 8 nitrogen and oxygen atoms in total. The van der Waals surface area contributed by atoms with Crippen LogP contribution in [0.25, 0.3) is 22.0 Å². The first kappa shape index (κ1) is 26.2. The summed E-state index contributed by atoms with van der Waals surface area (Å²) >= 11 is 6.15. The number of anilines is 2. The molecule has 0 amide bonds. The Morgan fingerprint density at radius 1 is 1.08 bits per heavy atom. The molecule has 1 saturated carbocycles. The molecular formula is C28H30ClN5O3S. The van der Waals surface area contributed by atoms with Crippen molar-refractivity contribution in [2.75, 3.05) is 16.7 Å². The molecule has 1 aliphatic carbocycles. The summed E-state index contributed by atoms with van der Waals surface area (Å²) in [6, 6.07) is 15.9. The smallest absolute Gasteiger partial charge is 0.265 e. The van der Waals surface area contributed by atoms with E-state index in [1.54, 1.807) is 42.6 Å². The molecule has 0 spiro atoms. The maximum atomic E-state index is 13.2. The van der Waals surface area contributed by atoms with E-state index in [-0.39, 0.29) is 27.8 Å². The molecule has 1 aromatic heterocycles. The minimum absolute atomic E-state index is 0.0475. The van der Waals surface area contributed by atoms with Gasteiger partial charge >= 0.3 is 0 Å². The number of aryl methyl sites for hydroxylation is 1. The summed E-state index contributed by atoms with van der Waals surface area (Å²) < 4.78 is 27.5. The molecule has 1 aliphatic rings. The number of halogens is 1. The second kappa shape index (κ2) is 10.4.